The molecule has 0 amide bonds. The topological polar surface area (TPSA) is 65.4 Å². The van der Waals surface area contributed by atoms with E-state index in [9.17, 15) is 0 Å². The fraction of sp³-hybridized carbons (Fsp3) is 0.533. The molecule has 0 aliphatic rings. The predicted molar refractivity (Wildman–Crippen MR) is 99.7 cm³/mol. The standard InChI is InChI=1S/C15H24N6S2/c1-6-16-14(18-8-13-19-10(2)11(3)23-13)17-7-12-9-22-15(20-12)21(4)5/h9H,6-8H2,1-5H3,(H2,16,17,18). The highest BCUT2D eigenvalue weighted by molar-refractivity contribution is 7.13. The van der Waals surface area contributed by atoms with E-state index in [4.69, 9.17) is 0 Å². The van der Waals surface area contributed by atoms with E-state index in [-0.39, 0.29) is 0 Å². The van der Waals surface area contributed by atoms with E-state index >= 15 is 0 Å². The van der Waals surface area contributed by atoms with Crippen LogP contribution < -0.4 is 15.5 Å². The molecule has 0 atom stereocenters. The second-order valence-corrected chi connectivity index (χ2v) is 7.44. The van der Waals surface area contributed by atoms with Gasteiger partial charge in [-0.25, -0.2) is 15.0 Å². The van der Waals surface area contributed by atoms with Crippen LogP contribution in [0, 0.1) is 13.8 Å². The minimum absolute atomic E-state index is 0.565. The first kappa shape index (κ1) is 17.7. The van der Waals surface area contributed by atoms with Crippen LogP contribution in [-0.4, -0.2) is 36.6 Å². The van der Waals surface area contributed by atoms with E-state index in [1.54, 1.807) is 22.7 Å². The Bertz CT molecular complexity index is 639. The second kappa shape index (κ2) is 8.26. The molecule has 2 aromatic heterocycles. The number of aliphatic imine (C=N–C) groups is 1. The Morgan fingerprint density at radius 2 is 2.04 bits per heavy atom. The third kappa shape index (κ3) is 5.18. The summed E-state index contributed by atoms with van der Waals surface area (Å²) in [6.07, 6.45) is 0. The average Bonchev–Trinajstić information content (AvgIpc) is 3.10. The van der Waals surface area contributed by atoms with E-state index in [2.05, 4.69) is 44.8 Å². The lowest BCUT2D eigenvalue weighted by Gasteiger charge is -2.09. The van der Waals surface area contributed by atoms with Crippen LogP contribution in [0.1, 0.15) is 28.2 Å². The number of guanidine groups is 1. The van der Waals surface area contributed by atoms with Gasteiger partial charge in [0, 0.05) is 30.9 Å². The lowest BCUT2D eigenvalue weighted by molar-refractivity contribution is 0.807. The molecule has 126 valence electrons. The Morgan fingerprint density at radius 1 is 1.26 bits per heavy atom. The van der Waals surface area contributed by atoms with Gasteiger partial charge in [-0.1, -0.05) is 0 Å². The maximum atomic E-state index is 4.60. The van der Waals surface area contributed by atoms with Gasteiger partial charge in [-0.2, -0.15) is 0 Å². The summed E-state index contributed by atoms with van der Waals surface area (Å²) < 4.78 is 0. The lowest BCUT2D eigenvalue weighted by atomic mass is 10.4. The maximum absolute atomic E-state index is 4.60. The molecule has 2 heterocycles. The van der Waals surface area contributed by atoms with Crippen LogP contribution in [-0.2, 0) is 13.1 Å². The zero-order valence-electron chi connectivity index (χ0n) is 14.3. The van der Waals surface area contributed by atoms with Gasteiger partial charge in [0.1, 0.15) is 5.01 Å². The largest absolute Gasteiger partial charge is 0.357 e. The van der Waals surface area contributed by atoms with Crippen molar-refractivity contribution in [3.63, 3.8) is 0 Å². The minimum atomic E-state index is 0.565. The number of hydrogen-bond donors (Lipinski definition) is 2. The Morgan fingerprint density at radius 3 is 2.61 bits per heavy atom. The number of aromatic nitrogens is 2. The molecule has 0 aliphatic carbocycles. The van der Waals surface area contributed by atoms with Crippen molar-refractivity contribution in [2.75, 3.05) is 25.5 Å². The van der Waals surface area contributed by atoms with E-state index < -0.39 is 0 Å². The molecule has 2 aromatic rings. The van der Waals surface area contributed by atoms with Crippen molar-refractivity contribution in [3.8, 4) is 0 Å². The number of nitrogens with one attached hydrogen (secondary N) is 2. The van der Waals surface area contributed by atoms with Crippen LogP contribution in [0.4, 0.5) is 5.13 Å². The summed E-state index contributed by atoms with van der Waals surface area (Å²) in [4.78, 5) is 17.0. The van der Waals surface area contributed by atoms with Gasteiger partial charge in [-0.3, -0.25) is 0 Å². The highest BCUT2D eigenvalue weighted by Gasteiger charge is 2.06. The lowest BCUT2D eigenvalue weighted by Crippen LogP contribution is -2.36. The Balaban J connectivity index is 1.96. The first-order valence-corrected chi connectivity index (χ1v) is 9.26. The quantitative estimate of drug-likeness (QED) is 0.618. The average molecular weight is 353 g/mol. The van der Waals surface area contributed by atoms with Gasteiger partial charge < -0.3 is 15.5 Å². The van der Waals surface area contributed by atoms with Crippen LogP contribution in [0.15, 0.2) is 10.4 Å². The zero-order chi connectivity index (χ0) is 16.8. The minimum Gasteiger partial charge on any atom is -0.357 e. The van der Waals surface area contributed by atoms with Gasteiger partial charge in [0.25, 0.3) is 0 Å². The van der Waals surface area contributed by atoms with Crippen molar-refractivity contribution in [1.29, 1.82) is 0 Å². The summed E-state index contributed by atoms with van der Waals surface area (Å²) in [5.74, 6) is 0.789. The van der Waals surface area contributed by atoms with Crippen LogP contribution in [0.25, 0.3) is 0 Å². The molecule has 0 radical (unpaired) electrons. The van der Waals surface area contributed by atoms with E-state index in [1.807, 2.05) is 25.9 Å². The van der Waals surface area contributed by atoms with Crippen molar-refractivity contribution in [2.45, 2.75) is 33.9 Å². The van der Waals surface area contributed by atoms with Crippen molar-refractivity contribution in [1.82, 2.24) is 20.6 Å². The Hall–Kier alpha value is -1.67. The van der Waals surface area contributed by atoms with Crippen LogP contribution >= 0.6 is 22.7 Å². The molecule has 0 unspecified atom stereocenters. The van der Waals surface area contributed by atoms with E-state index in [0.29, 0.717) is 13.1 Å². The monoisotopic (exact) mass is 352 g/mol. The molecule has 8 heteroatoms. The Kier molecular flexibility index (Phi) is 6.35. The van der Waals surface area contributed by atoms with Gasteiger partial charge in [0.15, 0.2) is 11.1 Å². The third-order valence-electron chi connectivity index (χ3n) is 3.15. The zero-order valence-corrected chi connectivity index (χ0v) is 15.9. The molecular formula is C15H24N6S2. The summed E-state index contributed by atoms with van der Waals surface area (Å²) >= 11 is 3.36. The molecule has 0 saturated heterocycles. The predicted octanol–water partition coefficient (Wildman–Crippen LogP) is 2.54. The van der Waals surface area contributed by atoms with Crippen LogP contribution in [0.2, 0.25) is 0 Å². The van der Waals surface area contributed by atoms with Crippen molar-refractivity contribution in [3.05, 3.63) is 26.7 Å². The van der Waals surface area contributed by atoms with Gasteiger partial charge in [-0.15, -0.1) is 22.7 Å². The van der Waals surface area contributed by atoms with Crippen LogP contribution in [0.3, 0.4) is 0 Å². The molecule has 0 aromatic carbocycles. The fourth-order valence-corrected chi connectivity index (χ4v) is 3.47. The smallest absolute Gasteiger partial charge is 0.191 e. The number of anilines is 1. The first-order valence-electron chi connectivity index (χ1n) is 7.56. The summed E-state index contributed by atoms with van der Waals surface area (Å²) in [6.45, 7) is 8.27. The highest BCUT2D eigenvalue weighted by Crippen LogP contribution is 2.18. The van der Waals surface area contributed by atoms with Gasteiger partial charge in [0.05, 0.1) is 24.5 Å². The van der Waals surface area contributed by atoms with E-state index in [1.165, 1.54) is 4.88 Å². The molecule has 0 fully saturated rings. The normalized spacial score (nSPS) is 11.6. The molecule has 0 bridgehead atoms. The first-order chi connectivity index (χ1) is 11.0. The maximum Gasteiger partial charge on any atom is 0.191 e. The second-order valence-electron chi connectivity index (χ2n) is 5.31. The number of thiazole rings is 2. The van der Waals surface area contributed by atoms with Gasteiger partial charge in [0.2, 0.25) is 0 Å². The number of aryl methyl sites for hydroxylation is 2. The molecule has 2 N–H and O–H groups in total. The number of rotatable bonds is 6. The van der Waals surface area contributed by atoms with Gasteiger partial charge in [-0.05, 0) is 20.8 Å². The number of nitrogens with zero attached hydrogens (tertiary/aromatic N) is 4. The fourth-order valence-electron chi connectivity index (χ4n) is 1.85. The summed E-state index contributed by atoms with van der Waals surface area (Å²) in [5.41, 5.74) is 2.09. The highest BCUT2D eigenvalue weighted by atomic mass is 32.1. The summed E-state index contributed by atoms with van der Waals surface area (Å²) in [5, 5.41) is 10.7. The molecule has 0 spiro atoms. The summed E-state index contributed by atoms with van der Waals surface area (Å²) in [6, 6.07) is 0. The molecule has 0 aliphatic heterocycles. The molecule has 2 rings (SSSR count). The van der Waals surface area contributed by atoms with Crippen molar-refractivity contribution in [2.24, 2.45) is 4.99 Å². The SMILES string of the molecule is CCNC(=NCc1csc(N(C)C)n1)NCc1nc(C)c(C)s1. The third-order valence-corrected chi connectivity index (χ3v) is 5.28. The molecule has 6 nitrogen and oxygen atoms in total. The Labute approximate surface area is 145 Å². The van der Waals surface area contributed by atoms with Crippen molar-refractivity contribution < 1.29 is 0 Å². The summed E-state index contributed by atoms with van der Waals surface area (Å²) in [7, 11) is 3.99. The van der Waals surface area contributed by atoms with Crippen LogP contribution in [0.5, 0.6) is 0 Å². The molecule has 0 saturated carbocycles. The van der Waals surface area contributed by atoms with Crippen molar-refractivity contribution >= 4 is 33.8 Å². The molecule has 23 heavy (non-hydrogen) atoms. The van der Waals surface area contributed by atoms with Gasteiger partial charge >= 0.3 is 0 Å². The van der Waals surface area contributed by atoms with E-state index in [0.717, 1.165) is 34.0 Å². The number of hydrogen-bond acceptors (Lipinski definition) is 6. The molecular weight excluding hydrogens is 328 g/mol.